The van der Waals surface area contributed by atoms with Crippen molar-refractivity contribution < 1.29 is 19.8 Å². The second-order valence-electron chi connectivity index (χ2n) is 4.97. The van der Waals surface area contributed by atoms with Gasteiger partial charge in [0.05, 0.1) is 30.9 Å². The minimum atomic E-state index is -0.293. The lowest BCUT2D eigenvalue weighted by molar-refractivity contribution is 0.200. The van der Waals surface area contributed by atoms with E-state index < -0.39 is 0 Å². The van der Waals surface area contributed by atoms with E-state index in [0.29, 0.717) is 39.2 Å². The van der Waals surface area contributed by atoms with Gasteiger partial charge in [-0.25, -0.2) is 0 Å². The lowest BCUT2D eigenvalue weighted by atomic mass is 9.97. The van der Waals surface area contributed by atoms with Crippen LogP contribution in [-0.2, 0) is 0 Å². The Morgan fingerprint density at radius 3 is 2.50 bits per heavy atom. The van der Waals surface area contributed by atoms with Gasteiger partial charge < -0.3 is 19.8 Å². The summed E-state index contributed by atoms with van der Waals surface area (Å²) in [5, 5.41) is 21.1. The van der Waals surface area contributed by atoms with E-state index in [9.17, 15) is 15.1 Å². The molecule has 22 heavy (non-hydrogen) atoms. The summed E-state index contributed by atoms with van der Waals surface area (Å²) in [6.07, 6.45) is 0. The van der Waals surface area contributed by atoms with Gasteiger partial charge in [-0.3, -0.25) is 4.79 Å². The molecule has 0 unspecified atom stereocenters. The minimum Gasteiger partial charge on any atom is -0.507 e. The molecule has 3 rings (SSSR count). The number of fused-ring (bicyclic) bond motifs is 2. The molecular weight excluding hydrogens is 286 g/mol. The van der Waals surface area contributed by atoms with Crippen LogP contribution in [0.2, 0.25) is 0 Å². The number of pyridine rings is 1. The molecule has 1 heterocycles. The number of aryl methyl sites for hydroxylation is 1. The maximum Gasteiger partial charge on any atom is 0.192 e. The standard InChI is InChI=1S/C16H15NO5/c1-8-14-10(6-9(21-2)7-12(14)19)17(20)16-13(22-3)5-4-11(18)15(8)16/h4-7,18,20H,1-3H3. The average molecular weight is 301 g/mol. The number of rotatable bonds is 2. The third kappa shape index (κ3) is 1.77. The molecule has 2 N–H and O–H groups in total. The summed E-state index contributed by atoms with van der Waals surface area (Å²) in [5.41, 5.74) is 1.18. The van der Waals surface area contributed by atoms with Crippen LogP contribution in [0.3, 0.4) is 0 Å². The Morgan fingerprint density at radius 1 is 1.14 bits per heavy atom. The first-order valence-corrected chi connectivity index (χ1v) is 6.62. The predicted molar refractivity (Wildman–Crippen MR) is 81.5 cm³/mol. The van der Waals surface area contributed by atoms with Gasteiger partial charge in [0.15, 0.2) is 5.43 Å². The van der Waals surface area contributed by atoms with Crippen LogP contribution >= 0.6 is 0 Å². The number of aromatic nitrogens is 1. The van der Waals surface area contributed by atoms with Gasteiger partial charge in [0.1, 0.15) is 22.8 Å². The topological polar surface area (TPSA) is 80.9 Å². The molecule has 6 heteroatoms. The van der Waals surface area contributed by atoms with E-state index in [1.807, 2.05) is 0 Å². The zero-order valence-corrected chi connectivity index (χ0v) is 12.4. The molecule has 1 aliphatic heterocycles. The zero-order valence-electron chi connectivity index (χ0n) is 12.4. The second-order valence-corrected chi connectivity index (χ2v) is 4.97. The summed E-state index contributed by atoms with van der Waals surface area (Å²) in [4.78, 5) is 12.3. The predicted octanol–water partition coefficient (Wildman–Crippen LogP) is 2.37. The van der Waals surface area contributed by atoms with E-state index in [1.54, 1.807) is 19.1 Å². The molecule has 1 aromatic carbocycles. The number of nitrogens with zero attached hydrogens (tertiary/aromatic N) is 1. The van der Waals surface area contributed by atoms with Crippen LogP contribution in [0.4, 0.5) is 0 Å². The normalized spacial score (nSPS) is 11.0. The van der Waals surface area contributed by atoms with Gasteiger partial charge in [0.25, 0.3) is 0 Å². The highest BCUT2D eigenvalue weighted by atomic mass is 16.5. The third-order valence-corrected chi connectivity index (χ3v) is 3.82. The summed E-state index contributed by atoms with van der Waals surface area (Å²) in [7, 11) is 2.92. The van der Waals surface area contributed by atoms with Crippen molar-refractivity contribution in [3.05, 3.63) is 40.1 Å². The van der Waals surface area contributed by atoms with E-state index >= 15 is 0 Å². The number of hydrogen-bond acceptors (Lipinski definition) is 5. The molecule has 0 saturated heterocycles. The van der Waals surface area contributed by atoms with Crippen molar-refractivity contribution in [2.75, 3.05) is 14.2 Å². The van der Waals surface area contributed by atoms with Gasteiger partial charge in [0, 0.05) is 12.1 Å². The second kappa shape index (κ2) is 4.84. The van der Waals surface area contributed by atoms with Crippen LogP contribution in [0.5, 0.6) is 17.2 Å². The highest BCUT2D eigenvalue weighted by Crippen LogP contribution is 2.40. The van der Waals surface area contributed by atoms with E-state index in [4.69, 9.17) is 9.47 Å². The fourth-order valence-electron chi connectivity index (χ4n) is 2.79. The lowest BCUT2D eigenvalue weighted by Gasteiger charge is -2.19. The number of aromatic hydroxyl groups is 1. The van der Waals surface area contributed by atoms with Crippen LogP contribution in [0.15, 0.2) is 29.1 Å². The number of hydrogen-bond donors (Lipinski definition) is 2. The van der Waals surface area contributed by atoms with E-state index in [1.165, 1.54) is 26.4 Å². The molecule has 0 fully saturated rings. The number of benzene rings is 2. The maximum atomic E-state index is 12.3. The van der Waals surface area contributed by atoms with Crippen LogP contribution in [0.25, 0.3) is 22.2 Å². The van der Waals surface area contributed by atoms with Crippen molar-refractivity contribution in [2.45, 2.75) is 6.92 Å². The Labute approximate surface area is 126 Å². The Balaban J connectivity index is 2.65. The number of phenols is 1. The molecule has 0 radical (unpaired) electrons. The quantitative estimate of drug-likeness (QED) is 0.561. The molecule has 1 aliphatic carbocycles. The summed E-state index contributed by atoms with van der Waals surface area (Å²) >= 11 is 0. The van der Waals surface area contributed by atoms with E-state index in [-0.39, 0.29) is 11.2 Å². The van der Waals surface area contributed by atoms with Crippen LogP contribution < -0.4 is 14.9 Å². The van der Waals surface area contributed by atoms with Crippen LogP contribution in [0.1, 0.15) is 5.56 Å². The fourth-order valence-corrected chi connectivity index (χ4v) is 2.79. The number of ether oxygens (including phenoxy) is 2. The zero-order chi connectivity index (χ0) is 16.0. The molecule has 0 amide bonds. The van der Waals surface area contributed by atoms with Gasteiger partial charge in [-0.1, -0.05) is 0 Å². The van der Waals surface area contributed by atoms with Crippen molar-refractivity contribution in [3.63, 3.8) is 0 Å². The molecule has 0 atom stereocenters. The van der Waals surface area contributed by atoms with Gasteiger partial charge in [-0.05, 0) is 24.6 Å². The third-order valence-electron chi connectivity index (χ3n) is 3.82. The van der Waals surface area contributed by atoms with Gasteiger partial charge in [-0.15, -0.1) is 0 Å². The highest BCUT2D eigenvalue weighted by Gasteiger charge is 2.23. The Hall–Kier alpha value is -2.89. The summed E-state index contributed by atoms with van der Waals surface area (Å²) < 4.78 is 11.2. The first-order valence-electron chi connectivity index (χ1n) is 6.62. The Morgan fingerprint density at radius 2 is 1.86 bits per heavy atom. The van der Waals surface area contributed by atoms with Crippen LogP contribution in [0, 0.1) is 6.92 Å². The van der Waals surface area contributed by atoms with Crippen molar-refractivity contribution in [1.82, 2.24) is 4.73 Å². The summed E-state index contributed by atoms with van der Waals surface area (Å²) in [6.45, 7) is 1.72. The monoisotopic (exact) mass is 301 g/mol. The largest absolute Gasteiger partial charge is 0.507 e. The van der Waals surface area contributed by atoms with Gasteiger partial charge >= 0.3 is 0 Å². The van der Waals surface area contributed by atoms with Gasteiger partial charge in [0.2, 0.25) is 0 Å². The fraction of sp³-hybridized carbons (Fsp3) is 0.188. The molecule has 0 saturated carbocycles. The number of phenolic OH excluding ortho intramolecular Hbond substituents is 1. The molecular formula is C16H15NO5. The van der Waals surface area contributed by atoms with Crippen molar-refractivity contribution >= 4 is 10.9 Å². The first-order chi connectivity index (χ1) is 10.5. The molecule has 0 aromatic heterocycles. The molecule has 0 bridgehead atoms. The maximum absolute atomic E-state index is 12.3. The van der Waals surface area contributed by atoms with E-state index in [0.717, 1.165) is 4.73 Å². The van der Waals surface area contributed by atoms with Crippen molar-refractivity contribution in [1.29, 1.82) is 0 Å². The SMILES string of the molecule is COc1cc2n(O)c3c(OC)ccc(O)c3c(C)c-2c(=O)c1. The smallest absolute Gasteiger partial charge is 0.192 e. The Bertz CT molecular complexity index is 913. The molecule has 0 spiro atoms. The van der Waals surface area contributed by atoms with E-state index in [2.05, 4.69) is 0 Å². The molecule has 6 nitrogen and oxygen atoms in total. The minimum absolute atomic E-state index is 0.0341. The van der Waals surface area contributed by atoms with Crippen molar-refractivity contribution in [2.24, 2.45) is 0 Å². The molecule has 2 aliphatic rings. The summed E-state index contributed by atoms with van der Waals surface area (Å²) in [6, 6.07) is 5.92. The lowest BCUT2D eigenvalue weighted by Crippen LogP contribution is -2.14. The molecule has 114 valence electrons. The first kappa shape index (κ1) is 14.1. The Kier molecular flexibility index (Phi) is 3.09. The van der Waals surface area contributed by atoms with Crippen molar-refractivity contribution in [3.8, 4) is 28.5 Å². The average Bonchev–Trinajstić information content (AvgIpc) is 2.51. The molecule has 1 aromatic rings. The van der Waals surface area contributed by atoms with Gasteiger partial charge in [-0.2, -0.15) is 4.73 Å². The van der Waals surface area contributed by atoms with Crippen LogP contribution in [-0.4, -0.2) is 29.3 Å². The highest BCUT2D eigenvalue weighted by molar-refractivity contribution is 5.98. The summed E-state index contributed by atoms with van der Waals surface area (Å²) in [5.74, 6) is 0.696. The number of methoxy groups -OCH3 is 2.